The van der Waals surface area contributed by atoms with Gasteiger partial charge >= 0.3 is 0 Å². The number of benzene rings is 2. The molecule has 0 saturated carbocycles. The Kier molecular flexibility index (Phi) is 9.21. The van der Waals surface area contributed by atoms with Gasteiger partial charge in [-0.15, -0.1) is 11.3 Å². The molecule has 2 aromatic carbocycles. The topological polar surface area (TPSA) is 91.9 Å². The number of carbonyl (C=O) groups excluding carboxylic acids is 1. The van der Waals surface area contributed by atoms with Gasteiger partial charge in [0, 0.05) is 60.1 Å². The molecule has 6 rings (SSSR count). The van der Waals surface area contributed by atoms with E-state index in [1.165, 1.54) is 13.7 Å². The molecular weight excluding hydrogens is 613 g/mol. The van der Waals surface area contributed by atoms with Gasteiger partial charge in [0.05, 0.1) is 24.3 Å². The average molecular weight is 653 g/mol. The lowest BCUT2D eigenvalue weighted by Crippen LogP contribution is -2.50. The van der Waals surface area contributed by atoms with Crippen molar-refractivity contribution in [2.75, 3.05) is 71.0 Å². The van der Waals surface area contributed by atoms with Crippen molar-refractivity contribution >= 4 is 45.2 Å². The zero-order valence-electron chi connectivity index (χ0n) is 26.2. The largest absolute Gasteiger partial charge is 0.497 e. The maximum atomic E-state index is 14.3. The molecular formula is C33H40N4O6S2. The second-order valence-corrected chi connectivity index (χ2v) is 14.8. The van der Waals surface area contributed by atoms with E-state index in [4.69, 9.17) is 14.2 Å². The molecule has 240 valence electrons. The fraction of sp³-hybridized carbons (Fsp3) is 0.424. The molecule has 1 fully saturated rings. The molecule has 0 bridgehead atoms. The number of ether oxygens (including phenoxy) is 3. The number of piperazine rings is 1. The lowest BCUT2D eigenvalue weighted by molar-refractivity contribution is -0.132. The number of fused-ring (bicyclic) bond motifs is 2. The predicted octanol–water partition coefficient (Wildman–Crippen LogP) is 2.15. The number of hydrogen-bond acceptors (Lipinski definition) is 9. The molecule has 1 saturated heterocycles. The van der Waals surface area contributed by atoms with Crippen molar-refractivity contribution in [1.29, 1.82) is 0 Å². The van der Waals surface area contributed by atoms with Crippen LogP contribution in [-0.4, -0.2) is 102 Å². The molecule has 12 heteroatoms. The summed E-state index contributed by atoms with van der Waals surface area (Å²) in [6, 6.07) is 12.0. The molecule has 0 radical (unpaired) electrons. The van der Waals surface area contributed by atoms with Crippen LogP contribution in [0.1, 0.15) is 16.0 Å². The van der Waals surface area contributed by atoms with Gasteiger partial charge in [0.1, 0.15) is 30.8 Å². The van der Waals surface area contributed by atoms with Crippen LogP contribution >= 0.6 is 11.3 Å². The number of para-hydroxylation sites is 2. The highest BCUT2D eigenvalue weighted by Crippen LogP contribution is 2.39. The van der Waals surface area contributed by atoms with E-state index in [2.05, 4.69) is 29.0 Å². The van der Waals surface area contributed by atoms with E-state index < -0.39 is 16.1 Å². The number of amides is 1. The zero-order valence-corrected chi connectivity index (χ0v) is 27.8. The number of sulfonamides is 1. The van der Waals surface area contributed by atoms with Crippen LogP contribution < -0.4 is 23.5 Å². The van der Waals surface area contributed by atoms with Crippen molar-refractivity contribution in [3.05, 3.63) is 68.2 Å². The van der Waals surface area contributed by atoms with Crippen molar-refractivity contribution in [1.82, 2.24) is 14.7 Å². The van der Waals surface area contributed by atoms with Crippen LogP contribution in [0.3, 0.4) is 0 Å². The van der Waals surface area contributed by atoms with Crippen LogP contribution in [-0.2, 0) is 26.1 Å². The Morgan fingerprint density at radius 2 is 1.80 bits per heavy atom. The lowest BCUT2D eigenvalue weighted by atomic mass is 10.1. The first kappa shape index (κ1) is 31.6. The molecule has 10 nitrogen and oxygen atoms in total. The minimum Gasteiger partial charge on any atom is -0.497 e. The number of rotatable bonds is 9. The zero-order chi connectivity index (χ0) is 31.7. The van der Waals surface area contributed by atoms with E-state index >= 15 is 0 Å². The fourth-order valence-corrected chi connectivity index (χ4v) is 9.32. The maximum Gasteiger partial charge on any atom is 0.265 e. The van der Waals surface area contributed by atoms with Crippen LogP contribution in [0.5, 0.6) is 11.5 Å². The number of nitrogens with zero attached hydrogens (tertiary/aromatic N) is 4. The molecule has 0 spiro atoms. The van der Waals surface area contributed by atoms with Crippen LogP contribution in [0.25, 0.3) is 12.3 Å². The number of methoxy groups -OCH3 is 1. The summed E-state index contributed by atoms with van der Waals surface area (Å²) in [7, 11) is -0.306. The van der Waals surface area contributed by atoms with Gasteiger partial charge < -0.3 is 24.0 Å². The highest BCUT2D eigenvalue weighted by atomic mass is 32.2. The van der Waals surface area contributed by atoms with Crippen molar-refractivity contribution in [3.8, 4) is 11.5 Å². The number of anilines is 1. The Morgan fingerprint density at radius 3 is 2.53 bits per heavy atom. The molecule has 0 N–H and O–H groups in total. The summed E-state index contributed by atoms with van der Waals surface area (Å²) in [5.74, 6) is 0.892. The maximum absolute atomic E-state index is 14.3. The minimum atomic E-state index is -4.02. The first-order chi connectivity index (χ1) is 21.6. The van der Waals surface area contributed by atoms with Crippen molar-refractivity contribution < 1.29 is 27.4 Å². The van der Waals surface area contributed by atoms with Gasteiger partial charge in [0.25, 0.3) is 15.9 Å². The van der Waals surface area contributed by atoms with Gasteiger partial charge in [-0.3, -0.25) is 14.0 Å². The van der Waals surface area contributed by atoms with E-state index in [1.54, 1.807) is 67.5 Å². The molecule has 1 amide bonds. The van der Waals surface area contributed by atoms with Crippen LogP contribution in [0.4, 0.5) is 5.69 Å². The van der Waals surface area contributed by atoms with E-state index in [-0.39, 0.29) is 30.6 Å². The molecule has 3 aliphatic heterocycles. The molecule has 1 atom stereocenters. The van der Waals surface area contributed by atoms with Gasteiger partial charge in [-0.2, -0.15) is 0 Å². The van der Waals surface area contributed by atoms with E-state index in [0.29, 0.717) is 34.9 Å². The van der Waals surface area contributed by atoms with E-state index in [1.807, 2.05) is 12.3 Å². The summed E-state index contributed by atoms with van der Waals surface area (Å²) in [6.07, 6.45) is 3.99. The summed E-state index contributed by atoms with van der Waals surface area (Å²) in [5.41, 5.74) is 1.61. The Morgan fingerprint density at radius 1 is 1.07 bits per heavy atom. The highest BCUT2D eigenvalue weighted by Gasteiger charge is 2.39. The van der Waals surface area contributed by atoms with Gasteiger partial charge in [0.2, 0.25) is 0 Å². The SMILES string of the molecule is COc1cc(C)c(S(=O)(=O)N2c3ccccc3OCC2COCC(=O)N2C=c3cc(CN4CCN(C)CC4)sc3=CC2)c(C)c1. The highest BCUT2D eigenvalue weighted by molar-refractivity contribution is 7.93. The predicted molar refractivity (Wildman–Crippen MR) is 176 cm³/mol. The third-order valence-electron chi connectivity index (χ3n) is 8.49. The van der Waals surface area contributed by atoms with Gasteiger partial charge in [-0.05, 0) is 68.4 Å². The number of hydrogen-bond donors (Lipinski definition) is 0. The Labute approximate surface area is 268 Å². The summed E-state index contributed by atoms with van der Waals surface area (Å²) >= 11 is 1.78. The van der Waals surface area contributed by atoms with Gasteiger partial charge in [-0.1, -0.05) is 12.1 Å². The molecule has 1 aromatic heterocycles. The fourth-order valence-electron chi connectivity index (χ4n) is 6.17. The van der Waals surface area contributed by atoms with Crippen LogP contribution in [0.2, 0.25) is 0 Å². The van der Waals surface area contributed by atoms with Gasteiger partial charge in [0.15, 0.2) is 0 Å². The average Bonchev–Trinajstić information content (AvgIpc) is 3.42. The molecule has 45 heavy (non-hydrogen) atoms. The summed E-state index contributed by atoms with van der Waals surface area (Å²) in [5, 5.41) is 1.04. The molecule has 4 heterocycles. The van der Waals surface area contributed by atoms with E-state index in [9.17, 15) is 13.2 Å². The molecule has 0 aliphatic carbocycles. The second kappa shape index (κ2) is 13.1. The van der Waals surface area contributed by atoms with Crippen molar-refractivity contribution in [2.45, 2.75) is 31.3 Å². The summed E-state index contributed by atoms with van der Waals surface area (Å²) in [4.78, 5) is 21.2. The lowest BCUT2D eigenvalue weighted by Gasteiger charge is -2.38. The third-order valence-corrected chi connectivity index (χ3v) is 11.8. The van der Waals surface area contributed by atoms with Gasteiger partial charge in [-0.25, -0.2) is 8.42 Å². The first-order valence-electron chi connectivity index (χ1n) is 15.1. The Bertz CT molecular complexity index is 1780. The second-order valence-electron chi connectivity index (χ2n) is 11.8. The van der Waals surface area contributed by atoms with Crippen LogP contribution in [0, 0.1) is 13.8 Å². The number of likely N-dealkylation sites (N-methyl/N-ethyl adjacent to an activating group) is 1. The van der Waals surface area contributed by atoms with Crippen molar-refractivity contribution in [3.63, 3.8) is 0 Å². The van der Waals surface area contributed by atoms with Crippen molar-refractivity contribution in [2.24, 2.45) is 0 Å². The smallest absolute Gasteiger partial charge is 0.265 e. The van der Waals surface area contributed by atoms with Crippen LogP contribution in [0.15, 0.2) is 47.4 Å². The first-order valence-corrected chi connectivity index (χ1v) is 17.4. The normalized spacial score (nSPS) is 18.8. The Balaban J connectivity index is 1.15. The number of carbonyl (C=O) groups is 1. The monoisotopic (exact) mass is 652 g/mol. The number of aryl methyl sites for hydroxylation is 2. The molecule has 1 unspecified atom stereocenters. The molecule has 3 aromatic rings. The minimum absolute atomic E-state index is 0.00994. The summed E-state index contributed by atoms with van der Waals surface area (Å²) < 4.78 is 48.4. The Hall–Kier alpha value is -3.42. The van der Waals surface area contributed by atoms with E-state index in [0.717, 1.165) is 37.9 Å². The number of thiophene rings is 1. The third kappa shape index (κ3) is 6.61. The quantitative estimate of drug-likeness (QED) is 0.348. The summed E-state index contributed by atoms with van der Waals surface area (Å²) in [6.45, 7) is 9.11. The molecule has 3 aliphatic rings. The standard InChI is InChI=1S/C33H40N4O6S2/c1-23-15-27(41-4)16-24(2)33(23)45(39,40)37-26(21-43-30-8-6-5-7-29(30)37)20-42-22-32(38)36-10-9-31-25(18-36)17-28(44-31)19-35-13-11-34(3)12-14-35/h5-9,15-18,26H,10-14,19-22H2,1-4H3.